The fraction of sp³-hybridized carbons (Fsp3) is 0.0263. The van der Waals surface area contributed by atoms with Crippen molar-refractivity contribution in [3.8, 4) is 22.3 Å². The molecule has 194 valence electrons. The molecule has 6 aromatic carbocycles. The van der Waals surface area contributed by atoms with Crippen LogP contribution in [0.15, 0.2) is 146 Å². The average Bonchev–Trinajstić information content (AvgIpc) is 3.32. The highest BCUT2D eigenvalue weighted by Gasteiger charge is 2.52. The molecule has 41 heavy (non-hydrogen) atoms. The molecule has 3 N–H and O–H groups in total. The van der Waals surface area contributed by atoms with Gasteiger partial charge in [-0.15, -0.1) is 0 Å². The maximum absolute atomic E-state index is 8.57. The number of hydrogen-bond donors (Lipinski definition) is 2. The molecule has 6 aromatic rings. The zero-order valence-corrected chi connectivity index (χ0v) is 22.4. The highest BCUT2D eigenvalue weighted by Crippen LogP contribution is 2.64. The highest BCUT2D eigenvalue weighted by atomic mass is 15.2. The minimum absolute atomic E-state index is 0.0817. The van der Waals surface area contributed by atoms with Gasteiger partial charge in [-0.2, -0.15) is 0 Å². The molecule has 0 radical (unpaired) electrons. The Morgan fingerprint density at radius 3 is 1.78 bits per heavy atom. The van der Waals surface area contributed by atoms with Gasteiger partial charge in [-0.05, 0) is 74.8 Å². The minimum Gasteiger partial charge on any atom is -0.384 e. The summed E-state index contributed by atoms with van der Waals surface area (Å²) < 4.78 is 0. The molecule has 0 unspecified atom stereocenters. The van der Waals surface area contributed by atoms with E-state index in [1.165, 1.54) is 16.7 Å². The third-order valence-electron chi connectivity index (χ3n) is 8.67. The van der Waals surface area contributed by atoms with Crippen LogP contribution in [-0.2, 0) is 5.41 Å². The standard InChI is InChI=1S/C38H27N3/c39-37(40)28-16-11-19-33-36(28)29-24-26(25-12-3-1-4-13-25)22-23-30(29)38(33)31-17-7-9-20-34(31)41(27-14-5-2-6-15-27)35-21-10-8-18-32(35)38/h1-24H,(H3,39,40). The zero-order valence-electron chi connectivity index (χ0n) is 22.4. The lowest BCUT2D eigenvalue weighted by molar-refractivity contribution is 0.752. The summed E-state index contributed by atoms with van der Waals surface area (Å²) in [6, 6.07) is 51.7. The van der Waals surface area contributed by atoms with Crippen molar-refractivity contribution in [2.24, 2.45) is 5.73 Å². The Morgan fingerprint density at radius 2 is 1.12 bits per heavy atom. The summed E-state index contributed by atoms with van der Waals surface area (Å²) >= 11 is 0. The van der Waals surface area contributed by atoms with Crippen LogP contribution in [0.1, 0.15) is 27.8 Å². The number of hydrogen-bond acceptors (Lipinski definition) is 2. The van der Waals surface area contributed by atoms with Crippen LogP contribution < -0.4 is 10.6 Å². The van der Waals surface area contributed by atoms with Crippen molar-refractivity contribution >= 4 is 22.9 Å². The molecule has 0 bridgehead atoms. The summed E-state index contributed by atoms with van der Waals surface area (Å²) in [6.45, 7) is 0. The van der Waals surface area contributed by atoms with Gasteiger partial charge in [0.1, 0.15) is 5.84 Å². The topological polar surface area (TPSA) is 53.1 Å². The number of nitrogen functional groups attached to an aromatic ring is 1. The number of rotatable bonds is 3. The predicted molar refractivity (Wildman–Crippen MR) is 168 cm³/mol. The predicted octanol–water partition coefficient (Wildman–Crippen LogP) is 8.78. The molecular formula is C38H27N3. The first-order chi connectivity index (χ1) is 20.2. The first kappa shape index (κ1) is 23.5. The van der Waals surface area contributed by atoms with Crippen molar-refractivity contribution in [3.63, 3.8) is 0 Å². The Morgan fingerprint density at radius 1 is 0.537 bits per heavy atom. The van der Waals surface area contributed by atoms with Crippen molar-refractivity contribution in [2.75, 3.05) is 4.90 Å². The molecule has 8 rings (SSSR count). The van der Waals surface area contributed by atoms with E-state index in [9.17, 15) is 0 Å². The van der Waals surface area contributed by atoms with Gasteiger partial charge in [0.25, 0.3) is 0 Å². The summed E-state index contributed by atoms with van der Waals surface area (Å²) in [5.74, 6) is 0.0817. The van der Waals surface area contributed by atoms with Gasteiger partial charge in [0, 0.05) is 11.3 Å². The molecule has 3 nitrogen and oxygen atoms in total. The van der Waals surface area contributed by atoms with Crippen molar-refractivity contribution in [2.45, 2.75) is 5.41 Å². The Bertz CT molecular complexity index is 1930. The summed E-state index contributed by atoms with van der Waals surface area (Å²) in [6.07, 6.45) is 0. The number of nitrogens with two attached hydrogens (primary N) is 1. The third kappa shape index (κ3) is 3.17. The number of para-hydroxylation sites is 3. The lowest BCUT2D eigenvalue weighted by Gasteiger charge is -2.45. The van der Waals surface area contributed by atoms with Gasteiger partial charge in [-0.1, -0.05) is 115 Å². The Labute approximate surface area is 239 Å². The fourth-order valence-electron chi connectivity index (χ4n) is 7.09. The maximum Gasteiger partial charge on any atom is 0.123 e. The average molecular weight is 526 g/mol. The third-order valence-corrected chi connectivity index (χ3v) is 8.67. The first-order valence-corrected chi connectivity index (χ1v) is 13.9. The van der Waals surface area contributed by atoms with Crippen LogP contribution in [0, 0.1) is 5.41 Å². The number of benzene rings is 6. The van der Waals surface area contributed by atoms with Crippen molar-refractivity contribution < 1.29 is 0 Å². The van der Waals surface area contributed by atoms with Crippen LogP contribution in [-0.4, -0.2) is 5.84 Å². The van der Waals surface area contributed by atoms with Gasteiger partial charge in [0.05, 0.1) is 16.8 Å². The molecule has 0 saturated carbocycles. The summed E-state index contributed by atoms with van der Waals surface area (Å²) in [4.78, 5) is 2.38. The largest absolute Gasteiger partial charge is 0.384 e. The molecule has 0 atom stereocenters. The quantitative estimate of drug-likeness (QED) is 0.179. The van der Waals surface area contributed by atoms with Gasteiger partial charge in [-0.25, -0.2) is 0 Å². The monoisotopic (exact) mass is 525 g/mol. The van der Waals surface area contributed by atoms with Crippen LogP contribution in [0.3, 0.4) is 0 Å². The van der Waals surface area contributed by atoms with E-state index in [-0.39, 0.29) is 5.84 Å². The number of nitrogens with one attached hydrogen (secondary N) is 1. The molecule has 1 spiro atoms. The minimum atomic E-state index is -0.566. The Balaban J connectivity index is 1.52. The van der Waals surface area contributed by atoms with Crippen LogP contribution in [0.2, 0.25) is 0 Å². The number of nitrogens with zero attached hydrogens (tertiary/aromatic N) is 1. The Hall–Kier alpha value is -5.41. The summed E-state index contributed by atoms with van der Waals surface area (Å²) in [7, 11) is 0. The van der Waals surface area contributed by atoms with Crippen molar-refractivity contribution in [3.05, 3.63) is 173 Å². The van der Waals surface area contributed by atoms with E-state index in [2.05, 4.69) is 138 Å². The maximum atomic E-state index is 8.57. The molecule has 0 saturated heterocycles. The van der Waals surface area contributed by atoms with Gasteiger partial charge < -0.3 is 10.6 Å². The lowest BCUT2D eigenvalue weighted by Crippen LogP contribution is -2.36. The zero-order chi connectivity index (χ0) is 27.6. The van der Waals surface area contributed by atoms with E-state index in [0.29, 0.717) is 0 Å². The van der Waals surface area contributed by atoms with Crippen LogP contribution in [0.5, 0.6) is 0 Å². The number of anilines is 3. The molecule has 1 heterocycles. The normalized spacial score (nSPS) is 13.7. The van der Waals surface area contributed by atoms with Gasteiger partial charge in [0.2, 0.25) is 0 Å². The number of amidine groups is 1. The molecule has 1 aliphatic heterocycles. The van der Waals surface area contributed by atoms with E-state index in [1.54, 1.807) is 0 Å². The van der Waals surface area contributed by atoms with Crippen LogP contribution in [0.25, 0.3) is 22.3 Å². The van der Waals surface area contributed by atoms with Gasteiger partial charge >= 0.3 is 0 Å². The molecular weight excluding hydrogens is 498 g/mol. The van der Waals surface area contributed by atoms with E-state index in [1.807, 2.05) is 12.1 Å². The lowest BCUT2D eigenvalue weighted by atomic mass is 9.64. The smallest absolute Gasteiger partial charge is 0.123 e. The molecule has 3 heteroatoms. The molecule has 0 amide bonds. The molecule has 1 aliphatic carbocycles. The van der Waals surface area contributed by atoms with E-state index < -0.39 is 5.41 Å². The van der Waals surface area contributed by atoms with Crippen LogP contribution in [0.4, 0.5) is 17.1 Å². The second-order valence-electron chi connectivity index (χ2n) is 10.7. The summed E-state index contributed by atoms with van der Waals surface area (Å²) in [5, 5.41) is 8.57. The molecule has 2 aliphatic rings. The highest BCUT2D eigenvalue weighted by molar-refractivity contribution is 6.07. The summed E-state index contributed by atoms with van der Waals surface area (Å²) in [5.41, 5.74) is 19.2. The second kappa shape index (κ2) is 8.80. The first-order valence-electron chi connectivity index (χ1n) is 13.9. The van der Waals surface area contributed by atoms with E-state index in [0.717, 1.165) is 50.4 Å². The molecule has 0 aromatic heterocycles. The molecule has 0 fully saturated rings. The fourth-order valence-corrected chi connectivity index (χ4v) is 7.09. The van der Waals surface area contributed by atoms with Crippen LogP contribution >= 0.6 is 0 Å². The Kier molecular flexibility index (Phi) is 5.04. The second-order valence-corrected chi connectivity index (χ2v) is 10.7. The SMILES string of the molecule is N=C(N)c1cccc2c1-c1cc(-c3ccccc3)ccc1C21c2ccccc2N(c2ccccc2)c2ccccc21. The van der Waals surface area contributed by atoms with E-state index in [4.69, 9.17) is 11.1 Å². The van der Waals surface area contributed by atoms with E-state index >= 15 is 0 Å². The van der Waals surface area contributed by atoms with Crippen molar-refractivity contribution in [1.29, 1.82) is 5.41 Å². The van der Waals surface area contributed by atoms with Gasteiger partial charge in [0.15, 0.2) is 0 Å². The van der Waals surface area contributed by atoms with Gasteiger partial charge in [-0.3, -0.25) is 5.41 Å². The number of fused-ring (bicyclic) bond motifs is 9. The van der Waals surface area contributed by atoms with Crippen molar-refractivity contribution in [1.82, 2.24) is 0 Å².